The molecule has 0 aliphatic rings. The maximum atomic E-state index is 13.3. The monoisotopic (exact) mass is 208 g/mol. The third kappa shape index (κ3) is 1.38. The summed E-state index contributed by atoms with van der Waals surface area (Å²) in [6.07, 6.45) is 1.27. The van der Waals surface area contributed by atoms with Crippen LogP contribution < -0.4 is 0 Å². The highest BCUT2D eigenvalue weighted by atomic mass is 19.1. The Kier molecular flexibility index (Phi) is 2.00. The molecule has 76 valence electrons. The molecule has 0 atom stereocenters. The van der Waals surface area contributed by atoms with Gasteiger partial charge < -0.3 is 9.52 Å². The van der Waals surface area contributed by atoms with Crippen molar-refractivity contribution in [1.82, 2.24) is 0 Å². The number of benzene rings is 1. The van der Waals surface area contributed by atoms with Crippen LogP contribution in [0.3, 0.4) is 0 Å². The van der Waals surface area contributed by atoms with Gasteiger partial charge in [0.1, 0.15) is 11.4 Å². The predicted octanol–water partition coefficient (Wildman–Crippen LogP) is 1.84. The molecule has 0 saturated carbocycles. The lowest BCUT2D eigenvalue weighted by atomic mass is 10.1. The van der Waals surface area contributed by atoms with Crippen molar-refractivity contribution in [2.75, 3.05) is 0 Å². The van der Waals surface area contributed by atoms with Crippen LogP contribution in [0.1, 0.15) is 10.4 Å². The van der Waals surface area contributed by atoms with Crippen molar-refractivity contribution in [2.24, 2.45) is 0 Å². The molecule has 1 aromatic heterocycles. The Balaban J connectivity index is 2.77. The maximum absolute atomic E-state index is 13.3. The molecular weight excluding hydrogens is 203 g/mol. The van der Waals surface area contributed by atoms with E-state index in [9.17, 15) is 14.0 Å². The highest BCUT2D eigenvalue weighted by Gasteiger charge is 2.22. The molecule has 1 aromatic carbocycles. The van der Waals surface area contributed by atoms with Gasteiger partial charge in [0.05, 0.1) is 11.8 Å². The van der Waals surface area contributed by atoms with Crippen molar-refractivity contribution in [3.63, 3.8) is 0 Å². The van der Waals surface area contributed by atoms with Gasteiger partial charge in [-0.25, -0.2) is 9.18 Å². The van der Waals surface area contributed by atoms with E-state index in [1.807, 2.05) is 0 Å². The Morgan fingerprint density at radius 2 is 2.00 bits per heavy atom. The molecule has 0 spiro atoms. The second-order valence-corrected chi connectivity index (χ2v) is 2.89. The molecule has 2 aromatic rings. The van der Waals surface area contributed by atoms with Crippen LogP contribution in [0.25, 0.3) is 11.0 Å². The fraction of sp³-hybridized carbons (Fsp3) is 0. The second kappa shape index (κ2) is 3.20. The number of halogens is 1. The van der Waals surface area contributed by atoms with Crippen LogP contribution in [0, 0.1) is 5.82 Å². The van der Waals surface area contributed by atoms with Crippen LogP contribution in [-0.2, 0) is 4.79 Å². The normalized spacial score (nSPS) is 10.5. The lowest BCUT2D eigenvalue weighted by molar-refractivity contribution is -0.131. The SMILES string of the molecule is O=C(O)C(=O)c1c(F)ccc2occc12. The number of fused-ring (bicyclic) bond motifs is 1. The zero-order valence-corrected chi connectivity index (χ0v) is 7.36. The largest absolute Gasteiger partial charge is 0.475 e. The smallest absolute Gasteiger partial charge is 0.377 e. The van der Waals surface area contributed by atoms with Gasteiger partial charge in [-0.3, -0.25) is 4.79 Å². The number of hydrogen-bond donors (Lipinski definition) is 1. The average Bonchev–Trinajstić information content (AvgIpc) is 2.64. The van der Waals surface area contributed by atoms with Crippen molar-refractivity contribution >= 4 is 22.7 Å². The van der Waals surface area contributed by atoms with E-state index >= 15 is 0 Å². The minimum atomic E-state index is -1.69. The van der Waals surface area contributed by atoms with Crippen LogP contribution in [0.4, 0.5) is 4.39 Å². The first-order valence-electron chi connectivity index (χ1n) is 4.04. The minimum absolute atomic E-state index is 0.169. The Hall–Kier alpha value is -2.17. The molecule has 4 nitrogen and oxygen atoms in total. The molecule has 2 rings (SSSR count). The molecule has 0 amide bonds. The molecule has 0 aliphatic carbocycles. The molecule has 0 radical (unpaired) electrons. The summed E-state index contributed by atoms with van der Waals surface area (Å²) in [7, 11) is 0. The average molecular weight is 208 g/mol. The van der Waals surface area contributed by atoms with Crippen molar-refractivity contribution < 1.29 is 23.5 Å². The van der Waals surface area contributed by atoms with Crippen LogP contribution in [0.2, 0.25) is 0 Å². The fourth-order valence-corrected chi connectivity index (χ4v) is 1.36. The minimum Gasteiger partial charge on any atom is -0.475 e. The summed E-state index contributed by atoms with van der Waals surface area (Å²) in [4.78, 5) is 21.7. The van der Waals surface area contributed by atoms with Crippen molar-refractivity contribution in [2.45, 2.75) is 0 Å². The summed E-state index contributed by atoms with van der Waals surface area (Å²) in [5.41, 5.74) is -0.185. The topological polar surface area (TPSA) is 67.5 Å². The molecule has 1 heterocycles. The zero-order chi connectivity index (χ0) is 11.0. The van der Waals surface area contributed by atoms with Gasteiger partial charge in [-0.2, -0.15) is 0 Å². The summed E-state index contributed by atoms with van der Waals surface area (Å²) in [6.45, 7) is 0. The number of carboxylic acids is 1. The second-order valence-electron chi connectivity index (χ2n) is 2.89. The number of furan rings is 1. The van der Waals surface area contributed by atoms with Gasteiger partial charge in [-0.15, -0.1) is 0 Å². The Labute approximate surface area is 82.9 Å². The molecule has 1 N–H and O–H groups in total. The molecule has 0 bridgehead atoms. The van der Waals surface area contributed by atoms with E-state index in [4.69, 9.17) is 9.52 Å². The predicted molar refractivity (Wildman–Crippen MR) is 48.1 cm³/mol. The molecule has 0 saturated heterocycles. The number of carbonyl (C=O) groups is 2. The van der Waals surface area contributed by atoms with Gasteiger partial charge in [0.2, 0.25) is 0 Å². The summed E-state index contributed by atoms with van der Waals surface area (Å²) < 4.78 is 18.2. The van der Waals surface area contributed by atoms with E-state index in [0.29, 0.717) is 0 Å². The van der Waals surface area contributed by atoms with E-state index in [1.54, 1.807) is 0 Å². The number of aliphatic carboxylic acids is 1. The zero-order valence-electron chi connectivity index (χ0n) is 7.36. The summed E-state index contributed by atoms with van der Waals surface area (Å²) in [6, 6.07) is 3.69. The summed E-state index contributed by atoms with van der Waals surface area (Å²) >= 11 is 0. The molecule has 0 aliphatic heterocycles. The molecular formula is C10H5FO4. The highest BCUT2D eigenvalue weighted by molar-refractivity contribution is 6.42. The number of ketones is 1. The van der Waals surface area contributed by atoms with Gasteiger partial charge in [0.15, 0.2) is 0 Å². The fourth-order valence-electron chi connectivity index (χ4n) is 1.36. The van der Waals surface area contributed by atoms with Gasteiger partial charge in [0, 0.05) is 5.39 Å². The lowest BCUT2D eigenvalue weighted by Gasteiger charge is -1.99. The standard InChI is InChI=1S/C10H5FO4/c11-6-1-2-7-5(3-4-15-7)8(6)9(12)10(13)14/h1-4H,(H,13,14). The quantitative estimate of drug-likeness (QED) is 0.604. The molecule has 0 fully saturated rings. The van der Waals surface area contributed by atoms with E-state index in [1.165, 1.54) is 18.4 Å². The van der Waals surface area contributed by atoms with Crippen LogP contribution >= 0.6 is 0 Å². The van der Waals surface area contributed by atoms with Gasteiger partial charge in [0.25, 0.3) is 5.78 Å². The lowest BCUT2D eigenvalue weighted by Crippen LogP contribution is -2.14. The first-order valence-corrected chi connectivity index (χ1v) is 4.04. The van der Waals surface area contributed by atoms with Crippen LogP contribution in [-0.4, -0.2) is 16.9 Å². The summed E-state index contributed by atoms with van der Waals surface area (Å²) in [5, 5.41) is 8.68. The van der Waals surface area contributed by atoms with E-state index in [0.717, 1.165) is 6.07 Å². The van der Waals surface area contributed by atoms with Gasteiger partial charge >= 0.3 is 5.97 Å². The Morgan fingerprint density at radius 1 is 1.27 bits per heavy atom. The van der Waals surface area contributed by atoms with Crippen molar-refractivity contribution in [1.29, 1.82) is 0 Å². The highest BCUT2D eigenvalue weighted by Crippen LogP contribution is 2.23. The van der Waals surface area contributed by atoms with E-state index in [-0.39, 0.29) is 11.0 Å². The molecule has 5 heteroatoms. The maximum Gasteiger partial charge on any atom is 0.377 e. The van der Waals surface area contributed by atoms with Crippen molar-refractivity contribution in [3.8, 4) is 0 Å². The third-order valence-corrected chi connectivity index (χ3v) is 2.01. The van der Waals surface area contributed by atoms with Gasteiger partial charge in [-0.1, -0.05) is 0 Å². The summed E-state index contributed by atoms with van der Waals surface area (Å²) in [5.74, 6) is -3.83. The third-order valence-electron chi connectivity index (χ3n) is 2.01. The molecule has 15 heavy (non-hydrogen) atoms. The van der Waals surface area contributed by atoms with Crippen molar-refractivity contribution in [3.05, 3.63) is 35.8 Å². The number of rotatable bonds is 2. The number of carboxylic acid groups (broad SMARTS) is 1. The number of carbonyl (C=O) groups excluding carboxylic acids is 1. The Bertz CT molecular complexity index is 556. The van der Waals surface area contributed by atoms with Crippen LogP contribution in [0.5, 0.6) is 0 Å². The van der Waals surface area contributed by atoms with Gasteiger partial charge in [-0.05, 0) is 18.2 Å². The molecule has 0 unspecified atom stereocenters. The Morgan fingerprint density at radius 3 is 2.67 bits per heavy atom. The van der Waals surface area contributed by atoms with E-state index < -0.39 is 23.1 Å². The van der Waals surface area contributed by atoms with Crippen LogP contribution in [0.15, 0.2) is 28.9 Å². The number of hydrogen-bond acceptors (Lipinski definition) is 3. The first-order chi connectivity index (χ1) is 7.11. The first kappa shape index (κ1) is 9.39. The number of Topliss-reactive ketones (excluding diaryl/α,β-unsaturated/α-hetero) is 1. The van der Waals surface area contributed by atoms with E-state index in [2.05, 4.69) is 0 Å².